The van der Waals surface area contributed by atoms with Crippen LogP contribution >= 0.6 is 0 Å². The first-order valence-electron chi connectivity index (χ1n) is 7.10. The fourth-order valence-corrected chi connectivity index (χ4v) is 2.44. The predicted octanol–water partition coefficient (Wildman–Crippen LogP) is 2.15. The predicted molar refractivity (Wildman–Crippen MR) is 77.4 cm³/mol. The Morgan fingerprint density at radius 2 is 2.11 bits per heavy atom. The highest BCUT2D eigenvalue weighted by Crippen LogP contribution is 2.15. The van der Waals surface area contributed by atoms with Gasteiger partial charge in [0.05, 0.1) is 6.10 Å². The first-order chi connectivity index (χ1) is 9.28. The monoisotopic (exact) mass is 264 g/mol. The van der Waals surface area contributed by atoms with E-state index in [2.05, 4.69) is 11.8 Å². The molecule has 1 aliphatic heterocycles. The van der Waals surface area contributed by atoms with Crippen LogP contribution < -0.4 is 10.5 Å². The van der Waals surface area contributed by atoms with Crippen molar-refractivity contribution in [2.45, 2.75) is 25.9 Å². The molecule has 1 aromatic carbocycles. The van der Waals surface area contributed by atoms with Gasteiger partial charge in [0.2, 0.25) is 0 Å². The highest BCUT2D eigenvalue weighted by molar-refractivity contribution is 5.41. The summed E-state index contributed by atoms with van der Waals surface area (Å²) >= 11 is 0. The van der Waals surface area contributed by atoms with E-state index in [-0.39, 0.29) is 0 Å². The van der Waals surface area contributed by atoms with Crippen LogP contribution in [0.25, 0.3) is 0 Å². The van der Waals surface area contributed by atoms with Crippen molar-refractivity contribution in [1.82, 2.24) is 4.90 Å². The molecular weight excluding hydrogens is 240 g/mol. The van der Waals surface area contributed by atoms with Crippen LogP contribution in [0.2, 0.25) is 0 Å². The first-order valence-corrected chi connectivity index (χ1v) is 7.10. The second-order valence-corrected chi connectivity index (χ2v) is 4.94. The van der Waals surface area contributed by atoms with Gasteiger partial charge in [0.15, 0.2) is 0 Å². The SMILES string of the molecule is CCOC1CCCN(CCOc2ccc(N)cc2)C1. The van der Waals surface area contributed by atoms with Crippen molar-refractivity contribution in [2.24, 2.45) is 0 Å². The summed E-state index contributed by atoms with van der Waals surface area (Å²) < 4.78 is 11.4. The molecule has 2 N–H and O–H groups in total. The van der Waals surface area contributed by atoms with E-state index in [4.69, 9.17) is 15.2 Å². The molecule has 1 atom stereocenters. The Kier molecular flexibility index (Phi) is 5.48. The maximum Gasteiger partial charge on any atom is 0.119 e. The van der Waals surface area contributed by atoms with Crippen molar-refractivity contribution in [3.8, 4) is 5.75 Å². The van der Waals surface area contributed by atoms with E-state index < -0.39 is 0 Å². The number of nitrogens with zero attached hydrogens (tertiary/aromatic N) is 1. The fourth-order valence-electron chi connectivity index (χ4n) is 2.44. The van der Waals surface area contributed by atoms with Gasteiger partial charge in [0, 0.05) is 25.4 Å². The number of hydrogen-bond acceptors (Lipinski definition) is 4. The van der Waals surface area contributed by atoms with Crippen molar-refractivity contribution in [1.29, 1.82) is 0 Å². The van der Waals surface area contributed by atoms with E-state index in [0.717, 1.165) is 37.7 Å². The summed E-state index contributed by atoms with van der Waals surface area (Å²) in [7, 11) is 0. The average Bonchev–Trinajstić information content (AvgIpc) is 2.42. The normalized spacial score (nSPS) is 20.4. The number of piperidine rings is 1. The van der Waals surface area contributed by atoms with Gasteiger partial charge in [-0.05, 0) is 50.6 Å². The molecule has 1 fully saturated rings. The number of ether oxygens (including phenoxy) is 2. The van der Waals surface area contributed by atoms with E-state index in [1.807, 2.05) is 24.3 Å². The van der Waals surface area contributed by atoms with Crippen LogP contribution in [0.5, 0.6) is 5.75 Å². The Hall–Kier alpha value is -1.26. The third kappa shape index (κ3) is 4.73. The summed E-state index contributed by atoms with van der Waals surface area (Å²) in [6, 6.07) is 7.55. The van der Waals surface area contributed by atoms with Gasteiger partial charge >= 0.3 is 0 Å². The number of nitrogens with two attached hydrogens (primary N) is 1. The van der Waals surface area contributed by atoms with Crippen LogP contribution in [0, 0.1) is 0 Å². The zero-order valence-corrected chi connectivity index (χ0v) is 11.7. The third-order valence-electron chi connectivity index (χ3n) is 3.42. The Morgan fingerprint density at radius 1 is 1.32 bits per heavy atom. The Balaban J connectivity index is 1.69. The summed E-state index contributed by atoms with van der Waals surface area (Å²) in [5.74, 6) is 0.882. The summed E-state index contributed by atoms with van der Waals surface area (Å²) in [4.78, 5) is 2.42. The van der Waals surface area contributed by atoms with Crippen molar-refractivity contribution < 1.29 is 9.47 Å². The number of rotatable bonds is 6. The van der Waals surface area contributed by atoms with Gasteiger partial charge in [0.25, 0.3) is 0 Å². The molecule has 106 valence electrons. The molecule has 0 saturated carbocycles. The molecule has 1 unspecified atom stereocenters. The molecule has 19 heavy (non-hydrogen) atoms. The summed E-state index contributed by atoms with van der Waals surface area (Å²) in [5, 5.41) is 0. The molecule has 1 saturated heterocycles. The van der Waals surface area contributed by atoms with Gasteiger partial charge < -0.3 is 15.2 Å². The lowest BCUT2D eigenvalue weighted by atomic mass is 10.1. The maximum absolute atomic E-state index is 5.72. The number of likely N-dealkylation sites (tertiary alicyclic amines) is 1. The molecule has 4 nitrogen and oxygen atoms in total. The van der Waals surface area contributed by atoms with Gasteiger partial charge in [-0.25, -0.2) is 0 Å². The second kappa shape index (κ2) is 7.36. The molecule has 0 spiro atoms. The Labute approximate surface area is 115 Å². The van der Waals surface area contributed by atoms with Crippen LogP contribution in [0.1, 0.15) is 19.8 Å². The van der Waals surface area contributed by atoms with Gasteiger partial charge in [-0.15, -0.1) is 0 Å². The quantitative estimate of drug-likeness (QED) is 0.800. The van der Waals surface area contributed by atoms with Gasteiger partial charge in [-0.2, -0.15) is 0 Å². The van der Waals surface area contributed by atoms with E-state index >= 15 is 0 Å². The molecule has 1 heterocycles. The highest BCUT2D eigenvalue weighted by atomic mass is 16.5. The molecule has 4 heteroatoms. The summed E-state index contributed by atoms with van der Waals surface area (Å²) in [5.41, 5.74) is 6.40. The molecule has 0 amide bonds. The minimum absolute atomic E-state index is 0.398. The van der Waals surface area contributed by atoms with Crippen molar-refractivity contribution in [2.75, 3.05) is 38.6 Å². The minimum atomic E-state index is 0.398. The van der Waals surface area contributed by atoms with Gasteiger partial charge in [-0.3, -0.25) is 4.90 Å². The molecule has 0 bridgehead atoms. The number of nitrogen functional groups attached to an aromatic ring is 1. The number of anilines is 1. The van der Waals surface area contributed by atoms with Crippen LogP contribution in [0.4, 0.5) is 5.69 Å². The lowest BCUT2D eigenvalue weighted by molar-refractivity contribution is 0.00304. The first kappa shape index (κ1) is 14.2. The molecule has 1 aliphatic rings. The standard InChI is InChI=1S/C15H24N2O2/c1-2-18-15-4-3-9-17(12-15)10-11-19-14-7-5-13(16)6-8-14/h5-8,15H,2-4,9-12,16H2,1H3. The lowest BCUT2D eigenvalue weighted by Crippen LogP contribution is -2.41. The summed E-state index contributed by atoms with van der Waals surface area (Å²) in [6.07, 6.45) is 2.80. The molecule has 0 aromatic heterocycles. The molecule has 2 rings (SSSR count). The molecule has 1 aromatic rings. The summed E-state index contributed by atoms with van der Waals surface area (Å²) in [6.45, 7) is 6.70. The molecule has 0 radical (unpaired) electrons. The van der Waals surface area contributed by atoms with Crippen LogP contribution in [0.3, 0.4) is 0 Å². The van der Waals surface area contributed by atoms with E-state index in [1.165, 1.54) is 12.8 Å². The van der Waals surface area contributed by atoms with Crippen LogP contribution in [-0.2, 0) is 4.74 Å². The minimum Gasteiger partial charge on any atom is -0.492 e. The molecular formula is C15H24N2O2. The third-order valence-corrected chi connectivity index (χ3v) is 3.42. The number of hydrogen-bond donors (Lipinski definition) is 1. The van der Waals surface area contributed by atoms with Crippen molar-refractivity contribution in [3.05, 3.63) is 24.3 Å². The largest absolute Gasteiger partial charge is 0.492 e. The number of benzene rings is 1. The van der Waals surface area contributed by atoms with Crippen molar-refractivity contribution >= 4 is 5.69 Å². The maximum atomic E-state index is 5.72. The van der Waals surface area contributed by atoms with Gasteiger partial charge in [-0.1, -0.05) is 0 Å². The smallest absolute Gasteiger partial charge is 0.119 e. The van der Waals surface area contributed by atoms with Crippen LogP contribution in [0.15, 0.2) is 24.3 Å². The van der Waals surface area contributed by atoms with Gasteiger partial charge in [0.1, 0.15) is 12.4 Å². The topological polar surface area (TPSA) is 47.7 Å². The Morgan fingerprint density at radius 3 is 2.84 bits per heavy atom. The highest BCUT2D eigenvalue weighted by Gasteiger charge is 2.19. The van der Waals surface area contributed by atoms with Crippen molar-refractivity contribution in [3.63, 3.8) is 0 Å². The second-order valence-electron chi connectivity index (χ2n) is 4.94. The van der Waals surface area contributed by atoms with E-state index in [9.17, 15) is 0 Å². The average molecular weight is 264 g/mol. The zero-order chi connectivity index (χ0) is 13.5. The van der Waals surface area contributed by atoms with E-state index in [0.29, 0.717) is 12.7 Å². The van der Waals surface area contributed by atoms with Crippen LogP contribution in [-0.4, -0.2) is 43.9 Å². The molecule has 0 aliphatic carbocycles. The lowest BCUT2D eigenvalue weighted by Gasteiger charge is -2.32. The Bertz CT molecular complexity index is 365. The zero-order valence-electron chi connectivity index (χ0n) is 11.7. The fraction of sp³-hybridized carbons (Fsp3) is 0.600. The van der Waals surface area contributed by atoms with E-state index in [1.54, 1.807) is 0 Å².